The molecule has 1 heterocycles. The van der Waals surface area contributed by atoms with Crippen molar-refractivity contribution in [1.29, 1.82) is 0 Å². The van der Waals surface area contributed by atoms with Crippen LogP contribution >= 0.6 is 0 Å². The third kappa shape index (κ3) is 3.32. The van der Waals surface area contributed by atoms with Crippen LogP contribution in [0.2, 0.25) is 0 Å². The molecule has 0 bridgehead atoms. The van der Waals surface area contributed by atoms with Gasteiger partial charge in [-0.05, 0) is 31.2 Å². The first kappa shape index (κ1) is 13.1. The van der Waals surface area contributed by atoms with Crippen molar-refractivity contribution in [2.75, 3.05) is 25.5 Å². The smallest absolute Gasteiger partial charge is 0.218 e. The second-order valence-electron chi connectivity index (χ2n) is 4.87. The van der Waals surface area contributed by atoms with Gasteiger partial charge in [0.05, 0.1) is 7.11 Å². The van der Waals surface area contributed by atoms with Crippen LogP contribution in [0.1, 0.15) is 25.7 Å². The first-order valence-electron chi connectivity index (χ1n) is 6.63. The average Bonchev–Trinajstić information content (AvgIpc) is 2.45. The summed E-state index contributed by atoms with van der Waals surface area (Å²) in [6, 6.07) is 1.82. The summed E-state index contributed by atoms with van der Waals surface area (Å²) in [4.78, 5) is 8.18. The molecule has 1 aliphatic rings. The van der Waals surface area contributed by atoms with Gasteiger partial charge in [-0.25, -0.2) is 9.97 Å². The summed E-state index contributed by atoms with van der Waals surface area (Å²) in [6.07, 6.45) is 6.67. The van der Waals surface area contributed by atoms with Gasteiger partial charge in [-0.2, -0.15) is 0 Å². The summed E-state index contributed by atoms with van der Waals surface area (Å²) in [5.74, 6) is 2.72. The Morgan fingerprint density at radius 1 is 1.33 bits per heavy atom. The van der Waals surface area contributed by atoms with Crippen LogP contribution in [0.25, 0.3) is 0 Å². The second kappa shape index (κ2) is 6.54. The van der Waals surface area contributed by atoms with E-state index in [9.17, 15) is 0 Å². The van der Waals surface area contributed by atoms with Crippen molar-refractivity contribution in [3.63, 3.8) is 0 Å². The zero-order valence-electron chi connectivity index (χ0n) is 10.9. The number of ether oxygens (including phenoxy) is 1. The van der Waals surface area contributed by atoms with Crippen LogP contribution in [0, 0.1) is 11.8 Å². The zero-order chi connectivity index (χ0) is 12.8. The molecule has 0 radical (unpaired) electrons. The Hall–Kier alpha value is -1.36. The Morgan fingerprint density at radius 3 is 2.83 bits per heavy atom. The first-order valence-corrected chi connectivity index (χ1v) is 6.63. The highest BCUT2D eigenvalue weighted by Crippen LogP contribution is 2.29. The van der Waals surface area contributed by atoms with Gasteiger partial charge in [0.1, 0.15) is 12.1 Å². The Morgan fingerprint density at radius 2 is 2.11 bits per heavy atom. The molecule has 2 atom stereocenters. The van der Waals surface area contributed by atoms with Gasteiger partial charge in [-0.1, -0.05) is 12.8 Å². The van der Waals surface area contributed by atoms with Crippen LogP contribution in [0.4, 0.5) is 5.82 Å². The molecule has 1 aromatic heterocycles. The molecule has 0 amide bonds. The third-order valence-electron chi connectivity index (χ3n) is 3.77. The van der Waals surface area contributed by atoms with Crippen LogP contribution < -0.4 is 15.8 Å². The van der Waals surface area contributed by atoms with Crippen LogP contribution in [0.15, 0.2) is 12.4 Å². The van der Waals surface area contributed by atoms with Crippen molar-refractivity contribution >= 4 is 5.82 Å². The Kier molecular flexibility index (Phi) is 4.75. The monoisotopic (exact) mass is 250 g/mol. The van der Waals surface area contributed by atoms with Crippen molar-refractivity contribution in [1.82, 2.24) is 9.97 Å². The number of anilines is 1. The van der Waals surface area contributed by atoms with Gasteiger partial charge in [0.2, 0.25) is 5.88 Å². The number of nitrogens with zero attached hydrogens (tertiary/aromatic N) is 2. The van der Waals surface area contributed by atoms with Gasteiger partial charge >= 0.3 is 0 Å². The lowest BCUT2D eigenvalue weighted by molar-refractivity contribution is 0.255. The maximum absolute atomic E-state index is 5.83. The largest absolute Gasteiger partial charge is 0.481 e. The van der Waals surface area contributed by atoms with Crippen molar-refractivity contribution in [3.05, 3.63) is 12.4 Å². The molecule has 2 unspecified atom stereocenters. The Balaban J connectivity index is 1.89. The predicted molar refractivity (Wildman–Crippen MR) is 71.6 cm³/mol. The molecule has 2 rings (SSSR count). The van der Waals surface area contributed by atoms with E-state index in [2.05, 4.69) is 15.3 Å². The highest BCUT2D eigenvalue weighted by molar-refractivity contribution is 5.37. The molecule has 5 nitrogen and oxygen atoms in total. The minimum absolute atomic E-state index is 0.589. The van der Waals surface area contributed by atoms with E-state index in [1.807, 2.05) is 6.07 Å². The molecule has 0 spiro atoms. The van der Waals surface area contributed by atoms with Gasteiger partial charge < -0.3 is 15.8 Å². The highest BCUT2D eigenvalue weighted by Gasteiger charge is 2.23. The summed E-state index contributed by atoms with van der Waals surface area (Å²) in [5, 5.41) is 3.37. The average molecular weight is 250 g/mol. The molecular formula is C13H22N4O. The summed E-state index contributed by atoms with van der Waals surface area (Å²) >= 11 is 0. The molecule has 18 heavy (non-hydrogen) atoms. The molecule has 0 aliphatic heterocycles. The molecule has 1 aromatic rings. The minimum atomic E-state index is 0.589. The Bertz CT molecular complexity index is 372. The first-order chi connectivity index (χ1) is 8.83. The minimum Gasteiger partial charge on any atom is -0.481 e. The predicted octanol–water partition coefficient (Wildman–Crippen LogP) is 1.66. The van der Waals surface area contributed by atoms with Crippen molar-refractivity contribution in [3.8, 4) is 5.88 Å². The third-order valence-corrected chi connectivity index (χ3v) is 3.77. The van der Waals surface area contributed by atoms with Gasteiger partial charge in [0.25, 0.3) is 0 Å². The number of nitrogens with one attached hydrogen (secondary N) is 1. The van der Waals surface area contributed by atoms with Crippen molar-refractivity contribution in [2.45, 2.75) is 25.7 Å². The van der Waals surface area contributed by atoms with Gasteiger partial charge in [0, 0.05) is 12.6 Å². The molecule has 100 valence electrons. The molecular weight excluding hydrogens is 228 g/mol. The van der Waals surface area contributed by atoms with E-state index in [1.54, 1.807) is 7.11 Å². The molecule has 0 saturated heterocycles. The fourth-order valence-electron chi connectivity index (χ4n) is 2.65. The molecule has 1 aliphatic carbocycles. The zero-order valence-corrected chi connectivity index (χ0v) is 10.9. The maximum Gasteiger partial charge on any atom is 0.218 e. The molecule has 1 saturated carbocycles. The Labute approximate surface area is 108 Å². The van der Waals surface area contributed by atoms with E-state index in [4.69, 9.17) is 10.5 Å². The van der Waals surface area contributed by atoms with Crippen LogP contribution in [0.3, 0.4) is 0 Å². The van der Waals surface area contributed by atoms with Gasteiger partial charge in [0.15, 0.2) is 0 Å². The lowest BCUT2D eigenvalue weighted by Crippen LogP contribution is -2.31. The lowest BCUT2D eigenvalue weighted by atomic mass is 9.79. The quantitative estimate of drug-likeness (QED) is 0.831. The van der Waals surface area contributed by atoms with E-state index in [1.165, 1.54) is 32.0 Å². The van der Waals surface area contributed by atoms with Crippen LogP contribution in [-0.2, 0) is 0 Å². The second-order valence-corrected chi connectivity index (χ2v) is 4.87. The van der Waals surface area contributed by atoms with Crippen molar-refractivity contribution in [2.24, 2.45) is 17.6 Å². The van der Waals surface area contributed by atoms with E-state index in [0.717, 1.165) is 18.9 Å². The number of rotatable bonds is 5. The van der Waals surface area contributed by atoms with E-state index >= 15 is 0 Å². The summed E-state index contributed by atoms with van der Waals surface area (Å²) in [6.45, 7) is 1.72. The SMILES string of the molecule is COc1cc(NCC2CCCCC2CN)ncn1. The summed E-state index contributed by atoms with van der Waals surface area (Å²) in [5.41, 5.74) is 5.83. The van der Waals surface area contributed by atoms with Gasteiger partial charge in [-0.15, -0.1) is 0 Å². The maximum atomic E-state index is 5.83. The fourth-order valence-corrected chi connectivity index (χ4v) is 2.65. The summed E-state index contributed by atoms with van der Waals surface area (Å²) in [7, 11) is 1.61. The molecule has 1 fully saturated rings. The van der Waals surface area contributed by atoms with E-state index in [-0.39, 0.29) is 0 Å². The lowest BCUT2D eigenvalue weighted by Gasteiger charge is -2.30. The normalized spacial score (nSPS) is 23.7. The van der Waals surface area contributed by atoms with Crippen LogP contribution in [0.5, 0.6) is 5.88 Å². The summed E-state index contributed by atoms with van der Waals surface area (Å²) < 4.78 is 5.08. The highest BCUT2D eigenvalue weighted by atomic mass is 16.5. The number of hydrogen-bond donors (Lipinski definition) is 2. The topological polar surface area (TPSA) is 73.1 Å². The number of hydrogen-bond acceptors (Lipinski definition) is 5. The fraction of sp³-hybridized carbons (Fsp3) is 0.692. The number of aromatic nitrogens is 2. The molecule has 0 aromatic carbocycles. The van der Waals surface area contributed by atoms with E-state index < -0.39 is 0 Å². The van der Waals surface area contributed by atoms with Crippen molar-refractivity contribution < 1.29 is 4.74 Å². The van der Waals surface area contributed by atoms with E-state index in [0.29, 0.717) is 17.7 Å². The standard InChI is InChI=1S/C13H22N4O/c1-18-13-6-12(16-9-17-13)15-8-11-5-3-2-4-10(11)7-14/h6,9-11H,2-5,7-8,14H2,1H3,(H,15,16,17). The number of methoxy groups -OCH3 is 1. The molecule has 5 heteroatoms. The van der Waals surface area contributed by atoms with Gasteiger partial charge in [-0.3, -0.25) is 0 Å². The van der Waals surface area contributed by atoms with Crippen LogP contribution in [-0.4, -0.2) is 30.2 Å². The number of nitrogens with two attached hydrogens (primary N) is 1. The molecule has 3 N–H and O–H groups in total.